The molecule has 1 N–H and O–H groups in total. The van der Waals surface area contributed by atoms with Crippen molar-refractivity contribution in [3.63, 3.8) is 0 Å². The third kappa shape index (κ3) is 2.43. The van der Waals surface area contributed by atoms with Crippen molar-refractivity contribution in [3.8, 4) is 0 Å². The van der Waals surface area contributed by atoms with Gasteiger partial charge >= 0.3 is 0 Å². The lowest BCUT2D eigenvalue weighted by molar-refractivity contribution is 0.329. The van der Waals surface area contributed by atoms with Gasteiger partial charge in [-0.25, -0.2) is 0 Å². The fourth-order valence-corrected chi connectivity index (χ4v) is 2.51. The summed E-state index contributed by atoms with van der Waals surface area (Å²) >= 11 is 0. The number of aromatic nitrogens is 2. The zero-order chi connectivity index (χ0) is 11.4. The van der Waals surface area contributed by atoms with E-state index in [0.717, 1.165) is 31.1 Å². The van der Waals surface area contributed by atoms with Crippen molar-refractivity contribution in [2.75, 3.05) is 6.54 Å². The van der Waals surface area contributed by atoms with Crippen molar-refractivity contribution in [2.24, 2.45) is 0 Å². The van der Waals surface area contributed by atoms with Crippen molar-refractivity contribution in [3.05, 3.63) is 11.7 Å². The van der Waals surface area contributed by atoms with Crippen molar-refractivity contribution in [1.29, 1.82) is 0 Å². The topological polar surface area (TPSA) is 51.0 Å². The largest absolute Gasteiger partial charge is 0.339 e. The van der Waals surface area contributed by atoms with Crippen LogP contribution in [-0.4, -0.2) is 22.7 Å². The van der Waals surface area contributed by atoms with Crippen LogP contribution in [0.15, 0.2) is 4.52 Å². The number of aryl methyl sites for hydroxylation is 1. The first-order valence-electron chi connectivity index (χ1n) is 6.41. The van der Waals surface area contributed by atoms with Crippen LogP contribution in [0, 0.1) is 0 Å². The summed E-state index contributed by atoms with van der Waals surface area (Å²) in [5.74, 6) is 2.13. The Kier molecular flexibility index (Phi) is 3.93. The van der Waals surface area contributed by atoms with Gasteiger partial charge in [0, 0.05) is 12.5 Å². The Labute approximate surface area is 96.8 Å². The molecule has 2 unspecified atom stereocenters. The smallest absolute Gasteiger partial charge is 0.231 e. The maximum Gasteiger partial charge on any atom is 0.231 e. The Bertz CT molecular complexity index is 324. The second-order valence-electron chi connectivity index (χ2n) is 4.50. The molecule has 0 aromatic carbocycles. The summed E-state index contributed by atoms with van der Waals surface area (Å²) in [6.45, 7) is 5.29. The number of hydrogen-bond donors (Lipinski definition) is 1. The van der Waals surface area contributed by atoms with Crippen LogP contribution in [0.3, 0.4) is 0 Å². The Morgan fingerprint density at radius 2 is 2.25 bits per heavy atom. The maximum atomic E-state index is 5.38. The fraction of sp³-hybridized carbons (Fsp3) is 0.833. The molecule has 0 bridgehead atoms. The normalized spacial score (nSPS) is 25.1. The molecule has 1 aromatic heterocycles. The van der Waals surface area contributed by atoms with Crippen LogP contribution >= 0.6 is 0 Å². The Morgan fingerprint density at radius 1 is 1.38 bits per heavy atom. The molecule has 1 aliphatic carbocycles. The number of nitrogens with one attached hydrogen (secondary N) is 1. The van der Waals surface area contributed by atoms with Crippen molar-refractivity contribution in [1.82, 2.24) is 15.5 Å². The highest BCUT2D eigenvalue weighted by Crippen LogP contribution is 2.33. The van der Waals surface area contributed by atoms with Crippen LogP contribution in [0.25, 0.3) is 0 Å². The summed E-state index contributed by atoms with van der Waals surface area (Å²) in [6.07, 6.45) is 5.64. The molecule has 2 atom stereocenters. The molecule has 1 fully saturated rings. The number of hydrogen-bond acceptors (Lipinski definition) is 4. The van der Waals surface area contributed by atoms with Gasteiger partial charge in [0.25, 0.3) is 0 Å². The average molecular weight is 223 g/mol. The van der Waals surface area contributed by atoms with Crippen LogP contribution in [0.4, 0.5) is 0 Å². The van der Waals surface area contributed by atoms with E-state index in [9.17, 15) is 0 Å². The summed E-state index contributed by atoms with van der Waals surface area (Å²) in [4.78, 5) is 4.50. The van der Waals surface area contributed by atoms with Gasteiger partial charge in [0.05, 0.1) is 5.92 Å². The molecule has 0 spiro atoms. The fourth-order valence-electron chi connectivity index (χ4n) is 2.51. The summed E-state index contributed by atoms with van der Waals surface area (Å²) in [6, 6.07) is 0.528. The lowest BCUT2D eigenvalue weighted by Crippen LogP contribution is -2.31. The monoisotopic (exact) mass is 223 g/mol. The Morgan fingerprint density at radius 3 is 3.00 bits per heavy atom. The number of rotatable bonds is 5. The van der Waals surface area contributed by atoms with E-state index in [1.54, 1.807) is 0 Å². The molecule has 4 nitrogen and oxygen atoms in total. The van der Waals surface area contributed by atoms with Crippen LogP contribution < -0.4 is 5.32 Å². The van der Waals surface area contributed by atoms with Gasteiger partial charge in [-0.1, -0.05) is 25.4 Å². The first-order valence-corrected chi connectivity index (χ1v) is 6.41. The molecule has 0 aliphatic heterocycles. The molecule has 1 aliphatic rings. The van der Waals surface area contributed by atoms with Crippen LogP contribution in [0.1, 0.15) is 57.2 Å². The molecule has 0 amide bonds. The maximum absolute atomic E-state index is 5.38. The SMILES string of the molecule is CCCc1noc(C2CCCC2NCC)n1. The molecule has 2 rings (SSSR count). The highest BCUT2D eigenvalue weighted by Gasteiger charge is 2.32. The first-order chi connectivity index (χ1) is 7.85. The summed E-state index contributed by atoms with van der Waals surface area (Å²) < 4.78 is 5.38. The van der Waals surface area contributed by atoms with Gasteiger partial charge in [-0.2, -0.15) is 4.98 Å². The van der Waals surface area contributed by atoms with Gasteiger partial charge in [0.1, 0.15) is 0 Å². The van der Waals surface area contributed by atoms with E-state index < -0.39 is 0 Å². The van der Waals surface area contributed by atoms with Crippen molar-refractivity contribution >= 4 is 0 Å². The quantitative estimate of drug-likeness (QED) is 0.832. The molecule has 4 heteroatoms. The van der Waals surface area contributed by atoms with Crippen molar-refractivity contribution in [2.45, 2.75) is 57.9 Å². The highest BCUT2D eigenvalue weighted by molar-refractivity contribution is 5.02. The Balaban J connectivity index is 2.04. The molecule has 0 saturated heterocycles. The summed E-state index contributed by atoms with van der Waals surface area (Å²) in [7, 11) is 0. The zero-order valence-electron chi connectivity index (χ0n) is 10.2. The minimum atomic E-state index is 0.429. The van der Waals surface area contributed by atoms with E-state index in [2.05, 4.69) is 29.3 Å². The molecule has 90 valence electrons. The molecule has 1 heterocycles. The van der Waals surface area contributed by atoms with Gasteiger partial charge in [0.15, 0.2) is 5.82 Å². The second-order valence-corrected chi connectivity index (χ2v) is 4.50. The standard InChI is InChI=1S/C12H21N3O/c1-3-6-11-14-12(16-15-11)9-7-5-8-10(9)13-4-2/h9-10,13H,3-8H2,1-2H3. The third-order valence-corrected chi connectivity index (χ3v) is 3.26. The lowest BCUT2D eigenvalue weighted by atomic mass is 10.0. The van der Waals surface area contributed by atoms with E-state index >= 15 is 0 Å². The lowest BCUT2D eigenvalue weighted by Gasteiger charge is -2.16. The average Bonchev–Trinajstić information content (AvgIpc) is 2.87. The predicted molar refractivity (Wildman–Crippen MR) is 62.3 cm³/mol. The molecular formula is C12H21N3O. The van der Waals surface area contributed by atoms with Crippen LogP contribution in [0.5, 0.6) is 0 Å². The summed E-state index contributed by atoms with van der Waals surface area (Å²) in [5, 5.41) is 7.54. The minimum absolute atomic E-state index is 0.429. The predicted octanol–water partition coefficient (Wildman–Crippen LogP) is 2.27. The third-order valence-electron chi connectivity index (χ3n) is 3.26. The molecule has 1 saturated carbocycles. The van der Waals surface area contributed by atoms with Crippen molar-refractivity contribution < 1.29 is 4.52 Å². The van der Waals surface area contributed by atoms with E-state index in [-0.39, 0.29) is 0 Å². The van der Waals surface area contributed by atoms with Crippen LogP contribution in [-0.2, 0) is 6.42 Å². The van der Waals surface area contributed by atoms with Gasteiger partial charge in [-0.15, -0.1) is 0 Å². The van der Waals surface area contributed by atoms with Crippen LogP contribution in [0.2, 0.25) is 0 Å². The van der Waals surface area contributed by atoms with E-state index in [1.165, 1.54) is 19.3 Å². The molecular weight excluding hydrogens is 202 g/mol. The Hall–Kier alpha value is -0.900. The molecule has 0 radical (unpaired) electrons. The van der Waals surface area contributed by atoms with E-state index in [0.29, 0.717) is 12.0 Å². The van der Waals surface area contributed by atoms with E-state index in [1.807, 2.05) is 0 Å². The number of likely N-dealkylation sites (N-methyl/N-ethyl adjacent to an activating group) is 1. The van der Waals surface area contributed by atoms with E-state index in [4.69, 9.17) is 4.52 Å². The second kappa shape index (κ2) is 5.43. The first kappa shape index (κ1) is 11.6. The van der Waals surface area contributed by atoms with Gasteiger partial charge in [0.2, 0.25) is 5.89 Å². The summed E-state index contributed by atoms with van der Waals surface area (Å²) in [5.41, 5.74) is 0. The minimum Gasteiger partial charge on any atom is -0.339 e. The molecule has 16 heavy (non-hydrogen) atoms. The molecule has 1 aromatic rings. The highest BCUT2D eigenvalue weighted by atomic mass is 16.5. The zero-order valence-corrected chi connectivity index (χ0v) is 10.2. The van der Waals surface area contributed by atoms with Gasteiger partial charge < -0.3 is 9.84 Å². The van der Waals surface area contributed by atoms with Gasteiger partial charge in [-0.3, -0.25) is 0 Å². The van der Waals surface area contributed by atoms with Gasteiger partial charge in [-0.05, 0) is 25.8 Å². The number of nitrogens with zero attached hydrogens (tertiary/aromatic N) is 2.